The van der Waals surface area contributed by atoms with Crippen molar-refractivity contribution in [3.63, 3.8) is 0 Å². The van der Waals surface area contributed by atoms with Gasteiger partial charge in [0.05, 0.1) is 0 Å². The van der Waals surface area contributed by atoms with Crippen LogP contribution >= 0.6 is 0 Å². The van der Waals surface area contributed by atoms with Gasteiger partial charge < -0.3 is 9.73 Å². The van der Waals surface area contributed by atoms with Gasteiger partial charge in [-0.1, -0.05) is 49.4 Å². The monoisotopic (exact) mass is 265 g/mol. The van der Waals surface area contributed by atoms with Crippen LogP contribution in [0.15, 0.2) is 59.0 Å². The summed E-state index contributed by atoms with van der Waals surface area (Å²) in [5.41, 5.74) is 3.35. The molecule has 1 unspecified atom stereocenters. The van der Waals surface area contributed by atoms with E-state index in [0.29, 0.717) is 6.04 Å². The predicted octanol–water partition coefficient (Wildman–Crippen LogP) is 4.77. The van der Waals surface area contributed by atoms with Gasteiger partial charge in [-0.05, 0) is 31.2 Å². The van der Waals surface area contributed by atoms with Gasteiger partial charge in [0.2, 0.25) is 0 Å². The maximum atomic E-state index is 5.89. The Kier molecular flexibility index (Phi) is 3.57. The van der Waals surface area contributed by atoms with Crippen molar-refractivity contribution in [1.82, 2.24) is 5.32 Å². The van der Waals surface area contributed by atoms with Crippen molar-refractivity contribution in [2.24, 2.45) is 0 Å². The molecule has 2 nitrogen and oxygen atoms in total. The molecule has 102 valence electrons. The van der Waals surface area contributed by atoms with Crippen LogP contribution in [0.25, 0.3) is 22.3 Å². The van der Waals surface area contributed by atoms with Crippen molar-refractivity contribution < 1.29 is 4.42 Å². The van der Waals surface area contributed by atoms with Crippen LogP contribution in [0.1, 0.15) is 25.5 Å². The Balaban J connectivity index is 1.90. The smallest absolute Gasteiger partial charge is 0.135 e. The topological polar surface area (TPSA) is 25.2 Å². The lowest BCUT2D eigenvalue weighted by molar-refractivity contribution is 0.598. The Bertz CT molecular complexity index is 664. The SMILES string of the molecule is CCNC(C)c1ccc(-c2cc3ccccc3o2)cc1. The summed E-state index contributed by atoms with van der Waals surface area (Å²) < 4.78 is 5.89. The molecule has 0 fully saturated rings. The van der Waals surface area contributed by atoms with E-state index in [1.165, 1.54) is 5.56 Å². The molecule has 1 aromatic heterocycles. The molecule has 0 bridgehead atoms. The molecular weight excluding hydrogens is 246 g/mol. The molecule has 0 saturated heterocycles. The molecule has 1 N–H and O–H groups in total. The summed E-state index contributed by atoms with van der Waals surface area (Å²) in [6, 6.07) is 19.2. The summed E-state index contributed by atoms with van der Waals surface area (Å²) in [4.78, 5) is 0. The van der Waals surface area contributed by atoms with E-state index in [4.69, 9.17) is 4.42 Å². The van der Waals surface area contributed by atoms with Crippen molar-refractivity contribution in [3.05, 3.63) is 60.2 Å². The Morgan fingerprint density at radius 1 is 1.05 bits per heavy atom. The minimum atomic E-state index is 0.379. The van der Waals surface area contributed by atoms with Crippen LogP contribution < -0.4 is 5.32 Å². The number of hydrogen-bond acceptors (Lipinski definition) is 2. The molecule has 0 amide bonds. The second kappa shape index (κ2) is 5.51. The molecule has 0 spiro atoms. The normalized spacial score (nSPS) is 12.7. The molecule has 1 heterocycles. The molecule has 3 rings (SSSR count). The number of nitrogens with one attached hydrogen (secondary N) is 1. The molecule has 20 heavy (non-hydrogen) atoms. The minimum Gasteiger partial charge on any atom is -0.456 e. The van der Waals surface area contributed by atoms with Gasteiger partial charge in [0.15, 0.2) is 0 Å². The van der Waals surface area contributed by atoms with Gasteiger partial charge in [-0.2, -0.15) is 0 Å². The number of para-hydroxylation sites is 1. The summed E-state index contributed by atoms with van der Waals surface area (Å²) in [7, 11) is 0. The summed E-state index contributed by atoms with van der Waals surface area (Å²) in [6.07, 6.45) is 0. The number of rotatable bonds is 4. The fourth-order valence-electron chi connectivity index (χ4n) is 2.48. The molecule has 1 atom stereocenters. The van der Waals surface area contributed by atoms with Gasteiger partial charge in [-0.3, -0.25) is 0 Å². The number of benzene rings is 2. The molecule has 0 radical (unpaired) electrons. The maximum absolute atomic E-state index is 5.89. The Labute approximate surface area is 119 Å². The number of fused-ring (bicyclic) bond motifs is 1. The second-order valence-electron chi connectivity index (χ2n) is 5.05. The highest BCUT2D eigenvalue weighted by molar-refractivity contribution is 5.82. The standard InChI is InChI=1S/C18H19NO/c1-3-19-13(2)14-8-10-15(11-9-14)18-12-16-6-4-5-7-17(16)20-18/h4-13,19H,3H2,1-2H3. The van der Waals surface area contributed by atoms with Gasteiger partial charge in [0, 0.05) is 17.0 Å². The number of furan rings is 1. The molecule has 3 aromatic rings. The molecule has 2 heteroatoms. The third-order valence-electron chi connectivity index (χ3n) is 3.63. The lowest BCUT2D eigenvalue weighted by Crippen LogP contribution is -2.17. The van der Waals surface area contributed by atoms with Gasteiger partial charge in [-0.15, -0.1) is 0 Å². The largest absolute Gasteiger partial charge is 0.456 e. The van der Waals surface area contributed by atoms with Gasteiger partial charge >= 0.3 is 0 Å². The molecule has 0 saturated carbocycles. The van der Waals surface area contributed by atoms with Crippen LogP contribution in [0.4, 0.5) is 0 Å². The molecule has 2 aromatic carbocycles. The lowest BCUT2D eigenvalue weighted by Gasteiger charge is -2.12. The average molecular weight is 265 g/mol. The van der Waals surface area contributed by atoms with E-state index in [-0.39, 0.29) is 0 Å². The Morgan fingerprint density at radius 2 is 1.80 bits per heavy atom. The summed E-state index contributed by atoms with van der Waals surface area (Å²) in [5, 5.41) is 4.56. The third kappa shape index (κ3) is 2.47. The van der Waals surface area contributed by atoms with E-state index in [2.05, 4.69) is 55.6 Å². The van der Waals surface area contributed by atoms with Crippen molar-refractivity contribution in [2.45, 2.75) is 19.9 Å². The zero-order chi connectivity index (χ0) is 13.9. The fourth-order valence-corrected chi connectivity index (χ4v) is 2.48. The highest BCUT2D eigenvalue weighted by atomic mass is 16.3. The first-order valence-corrected chi connectivity index (χ1v) is 7.10. The van der Waals surface area contributed by atoms with Crippen LogP contribution in [0.5, 0.6) is 0 Å². The zero-order valence-corrected chi connectivity index (χ0v) is 11.9. The average Bonchev–Trinajstić information content (AvgIpc) is 2.91. The second-order valence-corrected chi connectivity index (χ2v) is 5.05. The van der Waals surface area contributed by atoms with E-state index in [9.17, 15) is 0 Å². The van der Waals surface area contributed by atoms with E-state index < -0.39 is 0 Å². The van der Waals surface area contributed by atoms with Crippen LogP contribution in [-0.4, -0.2) is 6.54 Å². The van der Waals surface area contributed by atoms with E-state index in [1.807, 2.05) is 18.2 Å². The molecule has 0 aliphatic heterocycles. The van der Waals surface area contributed by atoms with Crippen LogP contribution in [0.3, 0.4) is 0 Å². The molecule has 0 aliphatic rings. The van der Waals surface area contributed by atoms with Crippen LogP contribution in [-0.2, 0) is 0 Å². The first kappa shape index (κ1) is 12.9. The van der Waals surface area contributed by atoms with Gasteiger partial charge in [0.25, 0.3) is 0 Å². The van der Waals surface area contributed by atoms with Crippen molar-refractivity contribution in [2.75, 3.05) is 6.54 Å². The van der Waals surface area contributed by atoms with Crippen LogP contribution in [0.2, 0.25) is 0 Å². The van der Waals surface area contributed by atoms with Gasteiger partial charge in [0.1, 0.15) is 11.3 Å². The summed E-state index contributed by atoms with van der Waals surface area (Å²) >= 11 is 0. The van der Waals surface area contributed by atoms with Crippen molar-refractivity contribution >= 4 is 11.0 Å². The first-order chi connectivity index (χ1) is 9.78. The molecule has 0 aliphatic carbocycles. The maximum Gasteiger partial charge on any atom is 0.135 e. The van der Waals surface area contributed by atoms with Gasteiger partial charge in [-0.25, -0.2) is 0 Å². The molecular formula is C18H19NO. The van der Waals surface area contributed by atoms with Crippen LogP contribution in [0, 0.1) is 0 Å². The Morgan fingerprint density at radius 3 is 2.50 bits per heavy atom. The predicted molar refractivity (Wildman–Crippen MR) is 83.7 cm³/mol. The van der Waals surface area contributed by atoms with E-state index >= 15 is 0 Å². The lowest BCUT2D eigenvalue weighted by atomic mass is 10.0. The first-order valence-electron chi connectivity index (χ1n) is 7.10. The zero-order valence-electron chi connectivity index (χ0n) is 11.9. The summed E-state index contributed by atoms with van der Waals surface area (Å²) in [5.74, 6) is 0.925. The third-order valence-corrected chi connectivity index (χ3v) is 3.63. The quantitative estimate of drug-likeness (QED) is 0.735. The minimum absolute atomic E-state index is 0.379. The highest BCUT2D eigenvalue weighted by Gasteiger charge is 2.07. The highest BCUT2D eigenvalue weighted by Crippen LogP contribution is 2.28. The van der Waals surface area contributed by atoms with E-state index in [1.54, 1.807) is 0 Å². The summed E-state index contributed by atoms with van der Waals surface area (Å²) in [6.45, 7) is 5.28. The number of hydrogen-bond donors (Lipinski definition) is 1. The Hall–Kier alpha value is -2.06. The fraction of sp³-hybridized carbons (Fsp3) is 0.222. The van der Waals surface area contributed by atoms with Crippen molar-refractivity contribution in [1.29, 1.82) is 0 Å². The van der Waals surface area contributed by atoms with Crippen molar-refractivity contribution in [3.8, 4) is 11.3 Å². The van der Waals surface area contributed by atoms with E-state index in [0.717, 1.165) is 28.8 Å².